The van der Waals surface area contributed by atoms with Crippen LogP contribution in [0.5, 0.6) is 11.9 Å². The normalized spacial score (nSPS) is 13.1. The number of ether oxygens (including phenoxy) is 2. The van der Waals surface area contributed by atoms with Crippen molar-refractivity contribution in [3.05, 3.63) is 51.1 Å². The Morgan fingerprint density at radius 2 is 1.85 bits per heavy atom. The Morgan fingerprint density at radius 3 is 2.58 bits per heavy atom. The number of rotatable bonds is 9. The van der Waals surface area contributed by atoms with Crippen LogP contribution in [0.25, 0.3) is 10.2 Å². The van der Waals surface area contributed by atoms with E-state index in [1.54, 1.807) is 18.4 Å². The number of thiophene rings is 1. The summed E-state index contributed by atoms with van der Waals surface area (Å²) in [6, 6.07) is 6.94. The smallest absolute Gasteiger partial charge is 0.321 e. The van der Waals surface area contributed by atoms with Crippen LogP contribution in [0.1, 0.15) is 23.3 Å². The first-order chi connectivity index (χ1) is 19.2. The molecule has 210 valence electrons. The topological polar surface area (TPSA) is 154 Å². The molecule has 1 amide bonds. The van der Waals surface area contributed by atoms with Gasteiger partial charge in [-0.15, -0.1) is 11.3 Å². The van der Waals surface area contributed by atoms with Gasteiger partial charge in [0.05, 0.1) is 30.3 Å². The average molecular weight is 603 g/mol. The summed E-state index contributed by atoms with van der Waals surface area (Å²) in [4.78, 5) is 40.2. The standard InChI is InChI=1S/C25H26N6O6S3/c1-31-23(33)21-16-6-4-5-7-17(16)39-22(21)29-25(31)38-13-19(32)26-14-8-10-15(11-9-14)40(34,35)30-18-12-20(36-2)28-24(27-18)37-3/h8-12H,4-7,13H2,1-3H3,(H,26,32)(H,27,28,30). The van der Waals surface area contributed by atoms with Gasteiger partial charge < -0.3 is 14.8 Å². The lowest BCUT2D eigenvalue weighted by atomic mass is 9.97. The van der Waals surface area contributed by atoms with Crippen LogP contribution in [0.3, 0.4) is 0 Å². The summed E-state index contributed by atoms with van der Waals surface area (Å²) in [5.41, 5.74) is 1.46. The number of aromatic nitrogens is 4. The molecule has 1 aliphatic carbocycles. The molecule has 0 unspecified atom stereocenters. The molecule has 0 spiro atoms. The van der Waals surface area contributed by atoms with Gasteiger partial charge in [-0.05, 0) is 55.5 Å². The number of thioether (sulfide) groups is 1. The minimum absolute atomic E-state index is 0.0237. The van der Waals surface area contributed by atoms with Crippen molar-refractivity contribution in [2.45, 2.75) is 35.7 Å². The maximum absolute atomic E-state index is 13.1. The molecule has 0 radical (unpaired) electrons. The number of carbonyl (C=O) groups excluding carboxylic acids is 1. The second kappa shape index (κ2) is 11.4. The Balaban J connectivity index is 1.24. The molecule has 0 saturated heterocycles. The third-order valence-corrected chi connectivity index (χ3v) is 9.84. The summed E-state index contributed by atoms with van der Waals surface area (Å²) in [6.07, 6.45) is 4.08. The van der Waals surface area contributed by atoms with E-state index in [9.17, 15) is 18.0 Å². The quantitative estimate of drug-likeness (QED) is 0.216. The van der Waals surface area contributed by atoms with Gasteiger partial charge in [0, 0.05) is 23.7 Å². The number of amides is 1. The van der Waals surface area contributed by atoms with Crippen molar-refractivity contribution < 1.29 is 22.7 Å². The Hall–Kier alpha value is -3.69. The zero-order valence-corrected chi connectivity index (χ0v) is 24.3. The van der Waals surface area contributed by atoms with Gasteiger partial charge in [-0.2, -0.15) is 9.97 Å². The van der Waals surface area contributed by atoms with Crippen LogP contribution in [-0.2, 0) is 34.7 Å². The summed E-state index contributed by atoms with van der Waals surface area (Å²) in [5, 5.41) is 3.92. The molecule has 0 bridgehead atoms. The lowest BCUT2D eigenvalue weighted by Gasteiger charge is -2.11. The number of nitrogens with zero attached hydrogens (tertiary/aromatic N) is 4. The van der Waals surface area contributed by atoms with Crippen molar-refractivity contribution in [3.63, 3.8) is 0 Å². The number of anilines is 2. The van der Waals surface area contributed by atoms with Gasteiger partial charge in [0.25, 0.3) is 15.6 Å². The summed E-state index contributed by atoms with van der Waals surface area (Å²) >= 11 is 2.74. The first kappa shape index (κ1) is 27.9. The predicted molar refractivity (Wildman–Crippen MR) is 153 cm³/mol. The molecule has 2 N–H and O–H groups in total. The summed E-state index contributed by atoms with van der Waals surface area (Å²) in [7, 11) is 0.416. The predicted octanol–water partition coefficient (Wildman–Crippen LogP) is 3.21. The van der Waals surface area contributed by atoms with E-state index in [2.05, 4.69) is 25.0 Å². The molecule has 0 saturated carbocycles. The Kier molecular flexibility index (Phi) is 7.96. The molecular formula is C25H26N6O6S3. The van der Waals surface area contributed by atoms with E-state index in [4.69, 9.17) is 9.47 Å². The third kappa shape index (κ3) is 5.76. The van der Waals surface area contributed by atoms with Crippen LogP contribution < -0.4 is 25.1 Å². The second-order valence-electron chi connectivity index (χ2n) is 8.90. The number of hydrogen-bond donors (Lipinski definition) is 2. The molecule has 1 aromatic carbocycles. The van der Waals surface area contributed by atoms with E-state index in [-0.39, 0.29) is 39.8 Å². The van der Waals surface area contributed by atoms with Gasteiger partial charge in [0.2, 0.25) is 11.8 Å². The summed E-state index contributed by atoms with van der Waals surface area (Å²) in [5.74, 6) is -0.193. The minimum atomic E-state index is -3.99. The molecule has 40 heavy (non-hydrogen) atoms. The average Bonchev–Trinajstić information content (AvgIpc) is 3.32. The Labute approximate surface area is 238 Å². The minimum Gasteiger partial charge on any atom is -0.481 e. The van der Waals surface area contributed by atoms with Gasteiger partial charge in [-0.1, -0.05) is 11.8 Å². The highest BCUT2D eigenvalue weighted by atomic mass is 32.2. The highest BCUT2D eigenvalue weighted by Crippen LogP contribution is 2.34. The van der Waals surface area contributed by atoms with Crippen molar-refractivity contribution in [1.82, 2.24) is 19.5 Å². The van der Waals surface area contributed by atoms with Gasteiger partial charge in [-0.25, -0.2) is 13.4 Å². The first-order valence-electron chi connectivity index (χ1n) is 12.2. The second-order valence-corrected chi connectivity index (χ2v) is 12.6. The summed E-state index contributed by atoms with van der Waals surface area (Å²) < 4.78 is 39.5. The largest absolute Gasteiger partial charge is 0.481 e. The number of carbonyl (C=O) groups is 1. The highest BCUT2D eigenvalue weighted by Gasteiger charge is 2.22. The van der Waals surface area contributed by atoms with Gasteiger partial charge in [-0.3, -0.25) is 18.9 Å². The first-order valence-corrected chi connectivity index (χ1v) is 15.5. The maximum atomic E-state index is 13.1. The van der Waals surface area contributed by atoms with Crippen LogP contribution in [0.4, 0.5) is 11.5 Å². The van der Waals surface area contributed by atoms with E-state index in [1.807, 2.05) is 0 Å². The molecule has 0 fully saturated rings. The molecule has 5 rings (SSSR count). The van der Waals surface area contributed by atoms with Crippen molar-refractivity contribution in [2.75, 3.05) is 30.0 Å². The third-order valence-electron chi connectivity index (χ3n) is 6.25. The molecule has 15 heteroatoms. The Morgan fingerprint density at radius 1 is 1.10 bits per heavy atom. The molecule has 0 aliphatic heterocycles. The highest BCUT2D eigenvalue weighted by molar-refractivity contribution is 7.99. The number of fused-ring (bicyclic) bond motifs is 3. The summed E-state index contributed by atoms with van der Waals surface area (Å²) in [6.45, 7) is 0. The fourth-order valence-corrected chi connectivity index (χ4v) is 7.36. The number of benzene rings is 1. The molecule has 1 aliphatic rings. The van der Waals surface area contributed by atoms with E-state index < -0.39 is 10.0 Å². The number of sulfonamides is 1. The number of methoxy groups -OCH3 is 2. The molecule has 0 atom stereocenters. The lowest BCUT2D eigenvalue weighted by Crippen LogP contribution is -2.22. The molecule has 3 heterocycles. The van der Waals surface area contributed by atoms with Crippen LogP contribution in [0.15, 0.2) is 45.2 Å². The number of nitrogens with one attached hydrogen (secondary N) is 2. The van der Waals surface area contributed by atoms with Crippen molar-refractivity contribution in [1.29, 1.82) is 0 Å². The number of hydrogen-bond acceptors (Lipinski definition) is 11. The van der Waals surface area contributed by atoms with E-state index >= 15 is 0 Å². The fraction of sp³-hybridized carbons (Fsp3) is 0.320. The molecule has 3 aromatic heterocycles. The number of aryl methyl sites for hydroxylation is 2. The zero-order valence-electron chi connectivity index (χ0n) is 21.9. The van der Waals surface area contributed by atoms with Crippen molar-refractivity contribution in [3.8, 4) is 11.9 Å². The van der Waals surface area contributed by atoms with E-state index in [0.717, 1.165) is 36.1 Å². The molecule has 4 aromatic rings. The molecular weight excluding hydrogens is 577 g/mol. The van der Waals surface area contributed by atoms with Crippen molar-refractivity contribution >= 4 is 60.8 Å². The Bertz CT molecular complexity index is 1730. The van der Waals surface area contributed by atoms with Crippen LogP contribution >= 0.6 is 23.1 Å². The van der Waals surface area contributed by atoms with E-state index in [0.29, 0.717) is 16.2 Å². The van der Waals surface area contributed by atoms with Crippen LogP contribution in [0.2, 0.25) is 0 Å². The SMILES string of the molecule is COc1cc(NS(=O)(=O)c2ccc(NC(=O)CSc3nc4sc5c(c4c(=O)n3C)CCCC5)cc2)nc(OC)n1. The van der Waals surface area contributed by atoms with Crippen LogP contribution in [-0.4, -0.2) is 53.8 Å². The zero-order chi connectivity index (χ0) is 28.4. The van der Waals surface area contributed by atoms with Gasteiger partial charge in [0.1, 0.15) is 4.83 Å². The lowest BCUT2D eigenvalue weighted by molar-refractivity contribution is -0.113. The van der Waals surface area contributed by atoms with Crippen LogP contribution in [0, 0.1) is 0 Å². The maximum Gasteiger partial charge on any atom is 0.321 e. The van der Waals surface area contributed by atoms with E-state index in [1.165, 1.54) is 65.8 Å². The molecule has 12 nitrogen and oxygen atoms in total. The monoisotopic (exact) mass is 602 g/mol. The fourth-order valence-electron chi connectivity index (χ4n) is 4.29. The van der Waals surface area contributed by atoms with Gasteiger partial charge in [0.15, 0.2) is 11.0 Å². The van der Waals surface area contributed by atoms with Crippen molar-refractivity contribution in [2.24, 2.45) is 7.05 Å². The van der Waals surface area contributed by atoms with Gasteiger partial charge >= 0.3 is 6.01 Å².